The van der Waals surface area contributed by atoms with Crippen LogP contribution in [0.3, 0.4) is 0 Å². The Morgan fingerprint density at radius 1 is 1.03 bits per heavy atom. The molecule has 4 aliphatic rings. The third-order valence-electron chi connectivity index (χ3n) is 7.91. The van der Waals surface area contributed by atoms with Gasteiger partial charge in [0.2, 0.25) is 5.91 Å². The average molecular weight is 505 g/mol. The van der Waals surface area contributed by atoms with Gasteiger partial charge in [0.1, 0.15) is 12.6 Å². The third-order valence-corrected chi connectivity index (χ3v) is 9.71. The molecular weight excluding hydrogens is 476 g/mol. The van der Waals surface area contributed by atoms with Crippen molar-refractivity contribution in [3.63, 3.8) is 0 Å². The molecule has 5 atom stereocenters. The van der Waals surface area contributed by atoms with Gasteiger partial charge in [0, 0.05) is 30.1 Å². The van der Waals surface area contributed by atoms with Gasteiger partial charge < -0.3 is 19.6 Å². The fourth-order valence-corrected chi connectivity index (χ4v) is 8.57. The first-order chi connectivity index (χ1) is 17.4. The van der Waals surface area contributed by atoms with E-state index in [1.54, 1.807) is 9.80 Å². The molecule has 1 spiro atoms. The molecule has 2 aromatic carbocycles. The Kier molecular flexibility index (Phi) is 5.50. The van der Waals surface area contributed by atoms with Crippen LogP contribution in [-0.2, 0) is 19.1 Å². The summed E-state index contributed by atoms with van der Waals surface area (Å²) in [5.41, 5.74) is 0.765. The van der Waals surface area contributed by atoms with E-state index in [1.165, 1.54) is 11.8 Å². The number of carbonyl (C=O) groups excluding carboxylic acids is 3. The summed E-state index contributed by atoms with van der Waals surface area (Å²) in [6, 6.07) is 13.1. The molecule has 4 aliphatic heterocycles. The summed E-state index contributed by atoms with van der Waals surface area (Å²) in [4.78, 5) is 44.8. The van der Waals surface area contributed by atoms with Crippen LogP contribution in [0.1, 0.15) is 13.3 Å². The molecular formula is C28H28N2O5S. The number of hydrogen-bond acceptors (Lipinski definition) is 6. The summed E-state index contributed by atoms with van der Waals surface area (Å²) in [6.07, 6.45) is 8.10. The van der Waals surface area contributed by atoms with Crippen molar-refractivity contribution in [2.24, 2.45) is 11.8 Å². The quantitative estimate of drug-likeness (QED) is 0.509. The van der Waals surface area contributed by atoms with Crippen molar-refractivity contribution in [2.45, 2.75) is 28.9 Å². The standard InChI is InChI=1S/C28H28N2O5S/c1-27-11-5-16-35-26(34)22(27)21-24(32)30(14-6-15-31)23-25(33)29(13-4-12-28(21,23)36-27)20-10-9-18-7-2-3-8-19(18)17-20/h2-5,7-12,17,21-23,31H,6,13-16H2,1H3/t21-,22+,23?,27-,28-/m0/s1. The predicted molar refractivity (Wildman–Crippen MR) is 138 cm³/mol. The summed E-state index contributed by atoms with van der Waals surface area (Å²) in [6.45, 7) is 2.67. The number of rotatable bonds is 4. The minimum atomic E-state index is -0.907. The van der Waals surface area contributed by atoms with Gasteiger partial charge in [-0.1, -0.05) is 48.6 Å². The second-order valence-corrected chi connectivity index (χ2v) is 11.8. The minimum absolute atomic E-state index is 0.0916. The summed E-state index contributed by atoms with van der Waals surface area (Å²) in [5.74, 6) is -2.21. The maximum Gasteiger partial charge on any atom is 0.311 e. The van der Waals surface area contributed by atoms with E-state index in [0.29, 0.717) is 13.0 Å². The SMILES string of the molecule is C[C@]12C=CCOC(=O)[C@H]1[C@H]1C(=O)N(CCCO)C3C(=O)N(c4ccc5ccccc5c4)CC=C[C@@]31S2. The number of esters is 1. The van der Waals surface area contributed by atoms with E-state index in [1.807, 2.05) is 73.7 Å². The smallest absolute Gasteiger partial charge is 0.311 e. The molecule has 2 amide bonds. The topological polar surface area (TPSA) is 87.1 Å². The second-order valence-electron chi connectivity index (χ2n) is 10.0. The van der Waals surface area contributed by atoms with Crippen LogP contribution in [0, 0.1) is 11.8 Å². The van der Waals surface area contributed by atoms with E-state index in [4.69, 9.17) is 4.74 Å². The molecule has 2 aromatic rings. The summed E-state index contributed by atoms with van der Waals surface area (Å²) >= 11 is 1.53. The number of ether oxygens (including phenoxy) is 1. The predicted octanol–water partition coefficient (Wildman–Crippen LogP) is 2.93. The van der Waals surface area contributed by atoms with Gasteiger partial charge in [-0.2, -0.15) is 0 Å². The van der Waals surface area contributed by atoms with Crippen LogP contribution >= 0.6 is 11.8 Å². The van der Waals surface area contributed by atoms with Crippen molar-refractivity contribution >= 4 is 46.0 Å². The van der Waals surface area contributed by atoms with Crippen molar-refractivity contribution in [3.8, 4) is 0 Å². The van der Waals surface area contributed by atoms with Crippen molar-refractivity contribution in [2.75, 3.05) is 31.2 Å². The number of anilines is 1. The molecule has 1 N–H and O–H groups in total. The number of hydrogen-bond donors (Lipinski definition) is 1. The average Bonchev–Trinajstić information content (AvgIpc) is 3.12. The Labute approximate surface area is 213 Å². The van der Waals surface area contributed by atoms with E-state index in [9.17, 15) is 19.5 Å². The highest BCUT2D eigenvalue weighted by molar-refractivity contribution is 8.02. The van der Waals surface area contributed by atoms with Gasteiger partial charge in [0.05, 0.1) is 16.6 Å². The molecule has 0 aliphatic carbocycles. The number of cyclic esters (lactones) is 1. The second kappa shape index (κ2) is 8.49. The monoisotopic (exact) mass is 504 g/mol. The molecule has 6 rings (SSSR count). The zero-order valence-corrected chi connectivity index (χ0v) is 20.8. The molecule has 0 aromatic heterocycles. The van der Waals surface area contributed by atoms with Gasteiger partial charge in [-0.15, -0.1) is 11.8 Å². The van der Waals surface area contributed by atoms with E-state index in [2.05, 4.69) is 0 Å². The van der Waals surface area contributed by atoms with Crippen molar-refractivity contribution in [3.05, 3.63) is 66.8 Å². The van der Waals surface area contributed by atoms with Crippen LogP contribution in [0.2, 0.25) is 0 Å². The van der Waals surface area contributed by atoms with Gasteiger partial charge in [-0.3, -0.25) is 14.4 Å². The lowest BCUT2D eigenvalue weighted by Crippen LogP contribution is -2.53. The molecule has 36 heavy (non-hydrogen) atoms. The highest BCUT2D eigenvalue weighted by atomic mass is 32.2. The molecule has 0 saturated carbocycles. The Balaban J connectivity index is 1.47. The third kappa shape index (κ3) is 3.27. The maximum absolute atomic E-state index is 14.4. The van der Waals surface area contributed by atoms with Gasteiger partial charge in [-0.05, 0) is 42.3 Å². The summed E-state index contributed by atoms with van der Waals surface area (Å²) < 4.78 is 3.88. The zero-order valence-electron chi connectivity index (χ0n) is 20.0. The van der Waals surface area contributed by atoms with Crippen LogP contribution in [0.4, 0.5) is 5.69 Å². The molecule has 0 bridgehead atoms. The maximum atomic E-state index is 14.4. The molecule has 7 nitrogen and oxygen atoms in total. The Bertz CT molecular complexity index is 1320. The van der Waals surface area contributed by atoms with Crippen LogP contribution in [0.5, 0.6) is 0 Å². The lowest BCUT2D eigenvalue weighted by molar-refractivity contribution is -0.152. The normalized spacial score (nSPS) is 33.3. The number of thioether (sulfide) groups is 1. The van der Waals surface area contributed by atoms with Crippen LogP contribution in [-0.4, -0.2) is 69.6 Å². The number of amides is 2. The van der Waals surface area contributed by atoms with Crippen LogP contribution < -0.4 is 4.90 Å². The number of carbonyl (C=O) groups is 3. The number of nitrogens with zero attached hydrogens (tertiary/aromatic N) is 2. The van der Waals surface area contributed by atoms with Crippen LogP contribution in [0.25, 0.3) is 10.8 Å². The molecule has 2 fully saturated rings. The Morgan fingerprint density at radius 3 is 2.64 bits per heavy atom. The fourth-order valence-electron chi connectivity index (χ4n) is 6.41. The minimum Gasteiger partial charge on any atom is -0.461 e. The molecule has 186 valence electrons. The highest BCUT2D eigenvalue weighted by Crippen LogP contribution is 2.65. The summed E-state index contributed by atoms with van der Waals surface area (Å²) in [7, 11) is 0. The van der Waals surface area contributed by atoms with Gasteiger partial charge in [-0.25, -0.2) is 0 Å². The van der Waals surface area contributed by atoms with Crippen molar-refractivity contribution in [1.29, 1.82) is 0 Å². The zero-order chi connectivity index (χ0) is 25.1. The Morgan fingerprint density at radius 2 is 1.83 bits per heavy atom. The van der Waals surface area contributed by atoms with E-state index < -0.39 is 33.3 Å². The van der Waals surface area contributed by atoms with E-state index >= 15 is 0 Å². The number of aliphatic hydroxyl groups is 1. The number of likely N-dealkylation sites (tertiary alicyclic amines) is 1. The van der Waals surface area contributed by atoms with Gasteiger partial charge >= 0.3 is 5.97 Å². The van der Waals surface area contributed by atoms with Crippen molar-refractivity contribution in [1.82, 2.24) is 4.90 Å². The Hall–Kier alpha value is -3.10. The molecule has 0 radical (unpaired) electrons. The number of benzene rings is 2. The lowest BCUT2D eigenvalue weighted by atomic mass is 9.75. The van der Waals surface area contributed by atoms with Crippen molar-refractivity contribution < 1.29 is 24.2 Å². The fraction of sp³-hybridized carbons (Fsp3) is 0.393. The number of fused-ring (bicyclic) bond motifs is 3. The number of aliphatic hydroxyl groups excluding tert-OH is 1. The first-order valence-electron chi connectivity index (χ1n) is 12.3. The highest BCUT2D eigenvalue weighted by Gasteiger charge is 2.74. The first kappa shape index (κ1) is 23.3. The van der Waals surface area contributed by atoms with Crippen LogP contribution in [0.15, 0.2) is 66.8 Å². The molecule has 4 heterocycles. The molecule has 8 heteroatoms. The summed E-state index contributed by atoms with van der Waals surface area (Å²) in [5, 5.41) is 11.6. The van der Waals surface area contributed by atoms with Gasteiger partial charge in [0.25, 0.3) is 5.91 Å². The van der Waals surface area contributed by atoms with E-state index in [-0.39, 0.29) is 31.6 Å². The first-order valence-corrected chi connectivity index (χ1v) is 13.1. The largest absolute Gasteiger partial charge is 0.461 e. The molecule has 1 unspecified atom stereocenters. The lowest BCUT2D eigenvalue weighted by Gasteiger charge is -2.36. The van der Waals surface area contributed by atoms with Gasteiger partial charge in [0.15, 0.2) is 0 Å². The van der Waals surface area contributed by atoms with E-state index in [0.717, 1.165) is 16.5 Å². The molecule has 2 saturated heterocycles.